The SMILES string of the molecule is NNc1ccc(C(=O)Nc2cccc(I)c2)cc1. The van der Waals surface area contributed by atoms with Crippen LogP contribution in [0.1, 0.15) is 10.4 Å². The van der Waals surface area contributed by atoms with Crippen LogP contribution in [-0.4, -0.2) is 5.91 Å². The van der Waals surface area contributed by atoms with E-state index >= 15 is 0 Å². The number of nitrogens with two attached hydrogens (primary N) is 1. The number of rotatable bonds is 3. The Hall–Kier alpha value is -1.60. The van der Waals surface area contributed by atoms with Crippen molar-refractivity contribution in [1.29, 1.82) is 0 Å². The number of hydrogen-bond donors (Lipinski definition) is 3. The molecule has 0 fully saturated rings. The Morgan fingerprint density at radius 1 is 1.06 bits per heavy atom. The third-order valence-electron chi connectivity index (χ3n) is 2.40. The molecule has 0 aromatic heterocycles. The molecule has 18 heavy (non-hydrogen) atoms. The first-order valence-electron chi connectivity index (χ1n) is 5.32. The van der Waals surface area contributed by atoms with Crippen LogP contribution in [0.15, 0.2) is 48.5 Å². The highest BCUT2D eigenvalue weighted by Gasteiger charge is 2.05. The quantitative estimate of drug-likeness (QED) is 0.452. The predicted octanol–water partition coefficient (Wildman–Crippen LogP) is 2.83. The van der Waals surface area contributed by atoms with Crippen LogP contribution in [0.4, 0.5) is 11.4 Å². The molecule has 4 nitrogen and oxygen atoms in total. The zero-order valence-corrected chi connectivity index (χ0v) is 11.6. The number of carbonyl (C=O) groups excluding carboxylic acids is 1. The molecule has 0 aliphatic carbocycles. The molecule has 0 saturated heterocycles. The first-order valence-corrected chi connectivity index (χ1v) is 6.40. The third-order valence-corrected chi connectivity index (χ3v) is 3.07. The molecular formula is C13H12IN3O. The minimum absolute atomic E-state index is 0.138. The monoisotopic (exact) mass is 353 g/mol. The van der Waals surface area contributed by atoms with Gasteiger partial charge in [0.05, 0.1) is 0 Å². The van der Waals surface area contributed by atoms with E-state index in [4.69, 9.17) is 5.84 Å². The van der Waals surface area contributed by atoms with Crippen LogP contribution in [0, 0.1) is 3.57 Å². The standard InChI is InChI=1S/C13H12IN3O/c14-10-2-1-3-12(8-10)16-13(18)9-4-6-11(17-15)7-5-9/h1-8,17H,15H2,(H,16,18). The van der Waals surface area contributed by atoms with Crippen molar-refractivity contribution in [3.63, 3.8) is 0 Å². The van der Waals surface area contributed by atoms with Crippen molar-refractivity contribution < 1.29 is 4.79 Å². The number of benzene rings is 2. The molecule has 0 unspecified atom stereocenters. The van der Waals surface area contributed by atoms with Crippen LogP contribution in [0.2, 0.25) is 0 Å². The molecule has 92 valence electrons. The summed E-state index contributed by atoms with van der Waals surface area (Å²) in [5.41, 5.74) is 4.66. The summed E-state index contributed by atoms with van der Waals surface area (Å²) in [5.74, 6) is 5.13. The molecule has 2 aromatic rings. The Kier molecular flexibility index (Phi) is 4.16. The summed E-state index contributed by atoms with van der Waals surface area (Å²) in [7, 11) is 0. The van der Waals surface area contributed by atoms with E-state index in [1.807, 2.05) is 24.3 Å². The molecule has 4 N–H and O–H groups in total. The zero-order valence-electron chi connectivity index (χ0n) is 9.48. The number of carbonyl (C=O) groups is 1. The number of anilines is 2. The van der Waals surface area contributed by atoms with Crippen LogP contribution in [0.3, 0.4) is 0 Å². The van der Waals surface area contributed by atoms with E-state index in [9.17, 15) is 4.79 Å². The molecular weight excluding hydrogens is 341 g/mol. The van der Waals surface area contributed by atoms with Crippen molar-refractivity contribution in [1.82, 2.24) is 0 Å². The van der Waals surface area contributed by atoms with Crippen molar-refractivity contribution in [3.05, 3.63) is 57.7 Å². The molecule has 0 radical (unpaired) electrons. The highest BCUT2D eigenvalue weighted by Crippen LogP contribution is 2.14. The van der Waals surface area contributed by atoms with E-state index < -0.39 is 0 Å². The number of hydrazine groups is 1. The lowest BCUT2D eigenvalue weighted by Crippen LogP contribution is -2.12. The Labute approximate surface area is 119 Å². The summed E-state index contributed by atoms with van der Waals surface area (Å²) in [6.07, 6.45) is 0. The molecule has 5 heteroatoms. The van der Waals surface area contributed by atoms with Gasteiger partial charge in [-0.3, -0.25) is 10.6 Å². The van der Waals surface area contributed by atoms with Gasteiger partial charge in [-0.15, -0.1) is 0 Å². The lowest BCUT2D eigenvalue weighted by molar-refractivity contribution is 0.102. The topological polar surface area (TPSA) is 67.1 Å². The van der Waals surface area contributed by atoms with Gasteiger partial charge in [0, 0.05) is 20.5 Å². The average molecular weight is 353 g/mol. The highest BCUT2D eigenvalue weighted by atomic mass is 127. The van der Waals surface area contributed by atoms with E-state index in [1.165, 1.54) is 0 Å². The van der Waals surface area contributed by atoms with E-state index in [0.717, 1.165) is 14.9 Å². The van der Waals surface area contributed by atoms with Crippen LogP contribution >= 0.6 is 22.6 Å². The Morgan fingerprint density at radius 2 is 1.78 bits per heavy atom. The number of hydrogen-bond acceptors (Lipinski definition) is 3. The molecule has 0 heterocycles. The second-order valence-corrected chi connectivity index (χ2v) is 4.93. The molecule has 2 aromatic carbocycles. The van der Waals surface area contributed by atoms with E-state index in [2.05, 4.69) is 33.3 Å². The third kappa shape index (κ3) is 3.21. The maximum atomic E-state index is 12.0. The fourth-order valence-electron chi connectivity index (χ4n) is 1.49. The number of halogens is 1. The molecule has 0 bridgehead atoms. The number of amides is 1. The molecule has 0 aliphatic rings. The first kappa shape index (κ1) is 12.8. The van der Waals surface area contributed by atoms with Crippen LogP contribution in [0.5, 0.6) is 0 Å². The Morgan fingerprint density at radius 3 is 2.39 bits per heavy atom. The van der Waals surface area contributed by atoms with Crippen molar-refractivity contribution in [2.24, 2.45) is 5.84 Å². The zero-order chi connectivity index (χ0) is 13.0. The van der Waals surface area contributed by atoms with Crippen molar-refractivity contribution in [2.45, 2.75) is 0 Å². The fraction of sp³-hybridized carbons (Fsp3) is 0. The molecule has 0 saturated carbocycles. The number of nitrogens with one attached hydrogen (secondary N) is 2. The molecule has 2 rings (SSSR count). The van der Waals surface area contributed by atoms with Crippen LogP contribution in [0.25, 0.3) is 0 Å². The normalized spacial score (nSPS) is 9.89. The molecule has 0 spiro atoms. The summed E-state index contributed by atoms with van der Waals surface area (Å²) < 4.78 is 1.08. The van der Waals surface area contributed by atoms with Gasteiger partial charge in [-0.25, -0.2) is 0 Å². The highest BCUT2D eigenvalue weighted by molar-refractivity contribution is 14.1. The maximum Gasteiger partial charge on any atom is 0.255 e. The minimum atomic E-state index is -0.138. The summed E-state index contributed by atoms with van der Waals surface area (Å²) in [5, 5.41) is 2.84. The van der Waals surface area contributed by atoms with Gasteiger partial charge in [-0.05, 0) is 65.1 Å². The van der Waals surface area contributed by atoms with Crippen molar-refractivity contribution in [2.75, 3.05) is 10.7 Å². The summed E-state index contributed by atoms with van der Waals surface area (Å²) in [4.78, 5) is 12.0. The average Bonchev–Trinajstić information content (AvgIpc) is 2.39. The van der Waals surface area contributed by atoms with Gasteiger partial charge in [-0.1, -0.05) is 6.07 Å². The van der Waals surface area contributed by atoms with Gasteiger partial charge in [0.1, 0.15) is 0 Å². The smallest absolute Gasteiger partial charge is 0.255 e. The lowest BCUT2D eigenvalue weighted by Gasteiger charge is -2.06. The van der Waals surface area contributed by atoms with Gasteiger partial charge >= 0.3 is 0 Å². The second-order valence-electron chi connectivity index (χ2n) is 3.69. The second kappa shape index (κ2) is 5.83. The molecule has 1 amide bonds. The fourth-order valence-corrected chi connectivity index (χ4v) is 2.03. The van der Waals surface area contributed by atoms with Gasteiger partial charge < -0.3 is 10.7 Å². The van der Waals surface area contributed by atoms with Gasteiger partial charge in [0.25, 0.3) is 5.91 Å². The van der Waals surface area contributed by atoms with Crippen LogP contribution in [-0.2, 0) is 0 Å². The van der Waals surface area contributed by atoms with Gasteiger partial charge in [0.2, 0.25) is 0 Å². The molecule has 0 aliphatic heterocycles. The first-order chi connectivity index (χ1) is 8.69. The summed E-state index contributed by atoms with van der Waals surface area (Å²) >= 11 is 2.20. The minimum Gasteiger partial charge on any atom is -0.324 e. The van der Waals surface area contributed by atoms with Crippen molar-refractivity contribution in [3.8, 4) is 0 Å². The van der Waals surface area contributed by atoms with Crippen molar-refractivity contribution >= 4 is 39.9 Å². The Balaban J connectivity index is 2.11. The largest absolute Gasteiger partial charge is 0.324 e. The van der Waals surface area contributed by atoms with E-state index in [1.54, 1.807) is 24.3 Å². The van der Waals surface area contributed by atoms with Gasteiger partial charge in [-0.2, -0.15) is 0 Å². The summed E-state index contributed by atoms with van der Waals surface area (Å²) in [6, 6.07) is 14.6. The van der Waals surface area contributed by atoms with E-state index in [0.29, 0.717) is 5.56 Å². The Bertz CT molecular complexity index is 554. The van der Waals surface area contributed by atoms with Crippen LogP contribution < -0.4 is 16.6 Å². The van der Waals surface area contributed by atoms with E-state index in [-0.39, 0.29) is 5.91 Å². The summed E-state index contributed by atoms with van der Waals surface area (Å²) in [6.45, 7) is 0. The maximum absolute atomic E-state index is 12.0. The number of nitrogen functional groups attached to an aromatic ring is 1. The van der Waals surface area contributed by atoms with Gasteiger partial charge in [0.15, 0.2) is 0 Å². The molecule has 0 atom stereocenters. The lowest BCUT2D eigenvalue weighted by atomic mass is 10.2. The predicted molar refractivity (Wildman–Crippen MR) is 81.4 cm³/mol.